The van der Waals surface area contributed by atoms with Crippen molar-refractivity contribution < 1.29 is 9.53 Å². The highest BCUT2D eigenvalue weighted by molar-refractivity contribution is 5.96. The van der Waals surface area contributed by atoms with Crippen LogP contribution in [0.4, 0.5) is 0 Å². The normalized spacial score (nSPS) is 15.2. The zero-order chi connectivity index (χ0) is 16.9. The zero-order valence-corrected chi connectivity index (χ0v) is 13.8. The molecule has 2 aliphatic carbocycles. The van der Waals surface area contributed by atoms with Crippen molar-refractivity contribution >= 4 is 35.0 Å². The minimum atomic E-state index is -0.998. The quantitative estimate of drug-likeness (QED) is 0.864. The summed E-state index contributed by atoms with van der Waals surface area (Å²) in [5.41, 5.74) is 7.34. The number of hydrogen-bond acceptors (Lipinski definition) is 3. The molecule has 2 aliphatic rings. The van der Waals surface area contributed by atoms with Gasteiger partial charge >= 0.3 is 5.97 Å². The van der Waals surface area contributed by atoms with Crippen LogP contribution in [0.2, 0.25) is 0 Å². The molecule has 0 heterocycles. The van der Waals surface area contributed by atoms with Crippen molar-refractivity contribution in [1.29, 1.82) is 0 Å². The Bertz CT molecular complexity index is 1050. The Hall–Kier alpha value is -2.65. The van der Waals surface area contributed by atoms with E-state index in [1.165, 1.54) is 27.1 Å². The molecule has 0 saturated carbocycles. The highest BCUT2D eigenvalue weighted by Crippen LogP contribution is 2.23. The first kappa shape index (κ1) is 14.9. The van der Waals surface area contributed by atoms with E-state index in [1.807, 2.05) is 12.2 Å². The number of nitrogens with two attached hydrogens (primary N) is 1. The monoisotopic (exact) mass is 317 g/mol. The predicted molar refractivity (Wildman–Crippen MR) is 97.3 cm³/mol. The summed E-state index contributed by atoms with van der Waals surface area (Å²) < 4.78 is 5.42. The van der Waals surface area contributed by atoms with Gasteiger partial charge in [0, 0.05) is 0 Å². The molecule has 0 bridgehead atoms. The number of fused-ring (bicyclic) bond motifs is 5. The third-order valence-corrected chi connectivity index (χ3v) is 4.50. The number of carbonyl (C=O) groups excluding carboxylic acids is 1. The maximum Gasteiger partial charge on any atom is 0.330 e. The van der Waals surface area contributed by atoms with Gasteiger partial charge in [0.25, 0.3) is 0 Å². The Kier molecular flexibility index (Phi) is 3.22. The van der Waals surface area contributed by atoms with E-state index in [2.05, 4.69) is 42.5 Å². The second kappa shape index (κ2) is 5.18. The molecular formula is C21H19NO2. The summed E-state index contributed by atoms with van der Waals surface area (Å²) in [6.45, 7) is 3.29. The smallest absolute Gasteiger partial charge is 0.330 e. The number of esters is 1. The molecule has 2 aromatic carbocycles. The average molecular weight is 317 g/mol. The van der Waals surface area contributed by atoms with Gasteiger partial charge in [-0.2, -0.15) is 0 Å². The summed E-state index contributed by atoms with van der Waals surface area (Å²) in [6.07, 6.45) is 11.0. The summed E-state index contributed by atoms with van der Waals surface area (Å²) in [4.78, 5) is 12.0. The van der Waals surface area contributed by atoms with E-state index in [0.29, 0.717) is 5.76 Å². The van der Waals surface area contributed by atoms with Crippen LogP contribution < -0.4 is 16.2 Å². The second-order valence-electron chi connectivity index (χ2n) is 6.89. The molecule has 4 rings (SSSR count). The topological polar surface area (TPSA) is 52.3 Å². The van der Waals surface area contributed by atoms with Gasteiger partial charge in [-0.05, 0) is 64.8 Å². The molecule has 120 valence electrons. The summed E-state index contributed by atoms with van der Waals surface area (Å²) in [6, 6.07) is 8.58. The molecule has 3 nitrogen and oxygen atoms in total. The fourth-order valence-electron chi connectivity index (χ4n) is 3.19. The van der Waals surface area contributed by atoms with Gasteiger partial charge in [-0.1, -0.05) is 42.5 Å². The Balaban J connectivity index is 1.78. The van der Waals surface area contributed by atoms with Crippen LogP contribution in [0, 0.1) is 0 Å². The SMILES string of the molecule is CC(C)(N)C(=O)OC1=CCc2c(ccc3c4c(ccc23)=CC=C4)=C1. The predicted octanol–water partition coefficient (Wildman–Crippen LogP) is 2.15. The largest absolute Gasteiger partial charge is 0.425 e. The molecule has 2 aromatic rings. The lowest BCUT2D eigenvalue weighted by Crippen LogP contribution is -2.42. The van der Waals surface area contributed by atoms with Gasteiger partial charge in [0.05, 0.1) is 0 Å². The van der Waals surface area contributed by atoms with E-state index in [-0.39, 0.29) is 0 Å². The van der Waals surface area contributed by atoms with E-state index >= 15 is 0 Å². The second-order valence-corrected chi connectivity index (χ2v) is 6.89. The first-order chi connectivity index (χ1) is 11.4. The van der Waals surface area contributed by atoms with Crippen LogP contribution in [0.5, 0.6) is 0 Å². The fraction of sp³-hybridized carbons (Fsp3) is 0.190. The molecule has 0 radical (unpaired) electrons. The summed E-state index contributed by atoms with van der Waals surface area (Å²) in [7, 11) is 0. The minimum absolute atomic E-state index is 0.423. The lowest BCUT2D eigenvalue weighted by molar-refractivity contribution is -0.143. The third kappa shape index (κ3) is 2.38. The molecule has 0 fully saturated rings. The lowest BCUT2D eigenvalue weighted by Gasteiger charge is -2.19. The molecule has 0 spiro atoms. The molecule has 0 atom stereocenters. The van der Waals surface area contributed by atoms with E-state index in [1.54, 1.807) is 13.8 Å². The minimum Gasteiger partial charge on any atom is -0.425 e. The van der Waals surface area contributed by atoms with Gasteiger partial charge in [0.2, 0.25) is 0 Å². The fourth-order valence-corrected chi connectivity index (χ4v) is 3.19. The van der Waals surface area contributed by atoms with Crippen LogP contribution in [-0.4, -0.2) is 11.5 Å². The third-order valence-electron chi connectivity index (χ3n) is 4.50. The molecule has 0 aromatic heterocycles. The van der Waals surface area contributed by atoms with E-state index < -0.39 is 11.5 Å². The molecule has 0 amide bonds. The maximum atomic E-state index is 12.0. The lowest BCUT2D eigenvalue weighted by atomic mass is 9.93. The summed E-state index contributed by atoms with van der Waals surface area (Å²) >= 11 is 0. The van der Waals surface area contributed by atoms with Gasteiger partial charge < -0.3 is 10.5 Å². The van der Waals surface area contributed by atoms with Gasteiger partial charge in [0.1, 0.15) is 11.3 Å². The van der Waals surface area contributed by atoms with E-state index in [0.717, 1.165) is 11.6 Å². The van der Waals surface area contributed by atoms with Crippen molar-refractivity contribution in [2.24, 2.45) is 5.73 Å². The van der Waals surface area contributed by atoms with E-state index in [9.17, 15) is 4.79 Å². The molecule has 24 heavy (non-hydrogen) atoms. The van der Waals surface area contributed by atoms with Crippen LogP contribution in [0.25, 0.3) is 29.0 Å². The highest BCUT2D eigenvalue weighted by atomic mass is 16.5. The number of allylic oxidation sites excluding steroid dienone is 3. The Morgan fingerprint density at radius 3 is 2.67 bits per heavy atom. The summed E-state index contributed by atoms with van der Waals surface area (Å²) in [5, 5.41) is 4.87. The maximum absolute atomic E-state index is 12.0. The number of ether oxygens (including phenoxy) is 1. The Morgan fingerprint density at radius 2 is 1.88 bits per heavy atom. The standard InChI is InChI=1S/C21H19NO2/c1-21(2,22)20(23)24-15-8-11-17-14(12-15)7-10-18-16-5-3-4-13(16)6-9-19(17)18/h3-10,12H,11,22H2,1-2H3. The average Bonchev–Trinajstić information content (AvgIpc) is 3.02. The summed E-state index contributed by atoms with van der Waals surface area (Å²) in [5.74, 6) is 0.146. The zero-order valence-electron chi connectivity index (χ0n) is 13.8. The van der Waals surface area contributed by atoms with E-state index in [4.69, 9.17) is 10.5 Å². The molecule has 0 aliphatic heterocycles. The van der Waals surface area contributed by atoms with Crippen LogP contribution in [0.15, 0.2) is 42.2 Å². The first-order valence-corrected chi connectivity index (χ1v) is 8.09. The van der Waals surface area contributed by atoms with Gasteiger partial charge in [0.15, 0.2) is 0 Å². The molecular weight excluding hydrogens is 298 g/mol. The van der Waals surface area contributed by atoms with Gasteiger partial charge in [-0.25, -0.2) is 4.79 Å². The molecule has 0 unspecified atom stereocenters. The van der Waals surface area contributed by atoms with Crippen molar-refractivity contribution in [3.8, 4) is 0 Å². The van der Waals surface area contributed by atoms with Crippen molar-refractivity contribution in [1.82, 2.24) is 0 Å². The van der Waals surface area contributed by atoms with Crippen LogP contribution in [0.3, 0.4) is 0 Å². The van der Waals surface area contributed by atoms with Crippen LogP contribution in [0.1, 0.15) is 25.0 Å². The molecule has 0 saturated heterocycles. The molecule has 3 heteroatoms. The van der Waals surface area contributed by atoms with Crippen molar-refractivity contribution in [3.05, 3.63) is 63.7 Å². The van der Waals surface area contributed by atoms with Crippen molar-refractivity contribution in [2.45, 2.75) is 25.8 Å². The molecule has 2 N–H and O–H groups in total. The Labute approximate surface area is 140 Å². The van der Waals surface area contributed by atoms with Crippen LogP contribution >= 0.6 is 0 Å². The van der Waals surface area contributed by atoms with Crippen molar-refractivity contribution in [3.63, 3.8) is 0 Å². The first-order valence-electron chi connectivity index (χ1n) is 8.09. The number of benzene rings is 2. The number of rotatable bonds is 2. The van der Waals surface area contributed by atoms with Gasteiger partial charge in [-0.15, -0.1) is 0 Å². The Morgan fingerprint density at radius 1 is 1.12 bits per heavy atom. The van der Waals surface area contributed by atoms with Crippen molar-refractivity contribution in [2.75, 3.05) is 0 Å². The highest BCUT2D eigenvalue weighted by Gasteiger charge is 2.25. The van der Waals surface area contributed by atoms with Gasteiger partial charge in [-0.3, -0.25) is 0 Å². The van der Waals surface area contributed by atoms with Crippen LogP contribution in [-0.2, 0) is 16.0 Å². The number of carbonyl (C=O) groups is 1. The number of hydrogen-bond donors (Lipinski definition) is 1.